The first-order chi connectivity index (χ1) is 23.6. The number of benzene rings is 1. The number of rotatable bonds is 33. The molecule has 1 aromatic rings. The molecule has 0 aliphatic rings. The number of nitrogens with one attached hydrogen (secondary N) is 1. The molecule has 0 aliphatic carbocycles. The summed E-state index contributed by atoms with van der Waals surface area (Å²) in [6.07, 6.45) is 5.29. The fourth-order valence-electron chi connectivity index (χ4n) is 4.47. The lowest BCUT2D eigenvalue weighted by Gasteiger charge is -2.12. The number of ether oxygens (including phenoxy) is 5. The van der Waals surface area contributed by atoms with Gasteiger partial charge in [0.2, 0.25) is 5.91 Å². The maximum absolute atomic E-state index is 12.3. The van der Waals surface area contributed by atoms with E-state index in [2.05, 4.69) is 5.32 Å². The second kappa shape index (κ2) is 28.2. The smallest absolute Gasteiger partial charge is 0.335 e. The summed E-state index contributed by atoms with van der Waals surface area (Å²) in [5.74, 6) is -2.93. The quantitative estimate of drug-likeness (QED) is 0.0901. The lowest BCUT2D eigenvalue weighted by atomic mass is 9.94. The third-order valence-electron chi connectivity index (χ3n) is 7.14. The Balaban J connectivity index is 1.99. The van der Waals surface area contributed by atoms with Crippen LogP contribution in [0.1, 0.15) is 87.9 Å². The van der Waals surface area contributed by atoms with Crippen molar-refractivity contribution in [3.8, 4) is 5.75 Å². The van der Waals surface area contributed by atoms with Crippen LogP contribution in [0.15, 0.2) is 24.3 Å². The van der Waals surface area contributed by atoms with Crippen molar-refractivity contribution in [3.63, 3.8) is 0 Å². The number of carbonyl (C=O) groups excluding carboxylic acids is 4. The first-order valence-corrected chi connectivity index (χ1v) is 16.9. The van der Waals surface area contributed by atoms with Gasteiger partial charge in [-0.2, -0.15) is 0 Å². The van der Waals surface area contributed by atoms with Gasteiger partial charge in [-0.1, -0.05) is 19.3 Å². The zero-order valence-corrected chi connectivity index (χ0v) is 28.6. The van der Waals surface area contributed by atoms with E-state index in [0.29, 0.717) is 57.9 Å². The molecule has 3 N–H and O–H groups in total. The summed E-state index contributed by atoms with van der Waals surface area (Å²) in [6, 6.07) is 6.23. The molecule has 1 atom stereocenters. The molecule has 1 amide bonds. The van der Waals surface area contributed by atoms with Crippen LogP contribution in [0.4, 0.5) is 0 Å². The molecule has 1 rings (SSSR count). The summed E-state index contributed by atoms with van der Waals surface area (Å²) in [5.41, 5.74) is 0.203. The van der Waals surface area contributed by atoms with Crippen LogP contribution in [-0.4, -0.2) is 111 Å². The van der Waals surface area contributed by atoms with Crippen molar-refractivity contribution in [2.45, 2.75) is 77.6 Å². The van der Waals surface area contributed by atoms with E-state index in [4.69, 9.17) is 28.8 Å². The maximum atomic E-state index is 12.3. The molecular formula is C35H53NO13. The number of amides is 1. The molecule has 0 saturated heterocycles. The van der Waals surface area contributed by atoms with E-state index in [1.165, 1.54) is 19.1 Å². The summed E-state index contributed by atoms with van der Waals surface area (Å²) in [6.45, 7) is 4.03. The Bertz CT molecular complexity index is 1120. The largest absolute Gasteiger partial charge is 0.494 e. The molecule has 0 saturated carbocycles. The van der Waals surface area contributed by atoms with Gasteiger partial charge in [-0.05, 0) is 56.9 Å². The van der Waals surface area contributed by atoms with Gasteiger partial charge in [0.1, 0.15) is 24.7 Å². The molecule has 14 heteroatoms. The van der Waals surface area contributed by atoms with Crippen molar-refractivity contribution in [1.82, 2.24) is 5.32 Å². The van der Waals surface area contributed by atoms with Crippen LogP contribution in [0.5, 0.6) is 5.75 Å². The first-order valence-electron chi connectivity index (χ1n) is 16.9. The lowest BCUT2D eigenvalue weighted by Crippen LogP contribution is -2.29. The van der Waals surface area contributed by atoms with Gasteiger partial charge in [0.05, 0.1) is 51.1 Å². The second-order valence-electron chi connectivity index (χ2n) is 11.5. The lowest BCUT2D eigenvalue weighted by molar-refractivity contribution is -0.144. The zero-order chi connectivity index (χ0) is 36.1. The Morgan fingerprint density at radius 3 is 1.94 bits per heavy atom. The molecule has 0 aromatic heterocycles. The van der Waals surface area contributed by atoms with Crippen LogP contribution in [0.2, 0.25) is 0 Å². The van der Waals surface area contributed by atoms with Gasteiger partial charge in [-0.25, -0.2) is 4.79 Å². The summed E-state index contributed by atoms with van der Waals surface area (Å²) in [5, 5.41) is 21.1. The Morgan fingerprint density at radius 1 is 0.653 bits per heavy atom. The number of carbonyl (C=O) groups is 6. The van der Waals surface area contributed by atoms with E-state index < -0.39 is 17.9 Å². The van der Waals surface area contributed by atoms with Gasteiger partial charge < -0.3 is 39.2 Å². The summed E-state index contributed by atoms with van der Waals surface area (Å²) >= 11 is 0. The van der Waals surface area contributed by atoms with Gasteiger partial charge >= 0.3 is 11.9 Å². The first kappa shape index (κ1) is 43.3. The number of carboxylic acid groups (broad SMARTS) is 2. The molecule has 0 radical (unpaired) electrons. The van der Waals surface area contributed by atoms with Crippen LogP contribution >= 0.6 is 0 Å². The average Bonchev–Trinajstić information content (AvgIpc) is 3.06. The molecule has 49 heavy (non-hydrogen) atoms. The zero-order valence-electron chi connectivity index (χ0n) is 28.6. The van der Waals surface area contributed by atoms with E-state index in [-0.39, 0.29) is 87.7 Å². The van der Waals surface area contributed by atoms with E-state index in [1.54, 1.807) is 12.1 Å². The van der Waals surface area contributed by atoms with Gasteiger partial charge in [0.15, 0.2) is 11.6 Å². The Kier molecular flexibility index (Phi) is 24.9. The summed E-state index contributed by atoms with van der Waals surface area (Å²) < 4.78 is 26.7. The molecule has 0 fully saturated rings. The van der Waals surface area contributed by atoms with Gasteiger partial charge in [-0.15, -0.1) is 0 Å². The third-order valence-corrected chi connectivity index (χ3v) is 7.14. The van der Waals surface area contributed by atoms with Crippen LogP contribution < -0.4 is 10.1 Å². The van der Waals surface area contributed by atoms with Crippen LogP contribution in [-0.2, 0) is 42.9 Å². The fraction of sp³-hybridized carbons (Fsp3) is 0.657. The third kappa shape index (κ3) is 25.0. The molecule has 1 aromatic carbocycles. The van der Waals surface area contributed by atoms with Crippen LogP contribution in [0.3, 0.4) is 0 Å². The molecule has 0 unspecified atom stereocenters. The molecule has 276 valence electrons. The van der Waals surface area contributed by atoms with Gasteiger partial charge in [0, 0.05) is 38.8 Å². The number of ketones is 3. The van der Waals surface area contributed by atoms with Crippen molar-refractivity contribution < 1.29 is 62.7 Å². The minimum absolute atomic E-state index is 0.0140. The number of hydrogen-bond donors (Lipinski definition) is 3. The summed E-state index contributed by atoms with van der Waals surface area (Å²) in [7, 11) is 0. The van der Waals surface area contributed by atoms with E-state index in [0.717, 1.165) is 25.7 Å². The monoisotopic (exact) mass is 695 g/mol. The van der Waals surface area contributed by atoms with Crippen molar-refractivity contribution >= 4 is 35.2 Å². The number of Topliss-reactive ketones (excluding diaryl/α,β-unsaturated/α-hetero) is 3. The van der Waals surface area contributed by atoms with Gasteiger partial charge in [0.25, 0.3) is 0 Å². The van der Waals surface area contributed by atoms with E-state index >= 15 is 0 Å². The highest BCUT2D eigenvalue weighted by molar-refractivity contribution is 5.87. The van der Waals surface area contributed by atoms with Crippen molar-refractivity contribution in [2.75, 3.05) is 66.0 Å². The Hall–Kier alpha value is -3.72. The van der Waals surface area contributed by atoms with E-state index in [9.17, 15) is 33.9 Å². The Labute approximate surface area is 288 Å². The highest BCUT2D eigenvalue weighted by Crippen LogP contribution is 2.16. The molecule has 0 heterocycles. The average molecular weight is 696 g/mol. The molecule has 14 nitrogen and oxygen atoms in total. The topological polar surface area (TPSA) is 201 Å². The van der Waals surface area contributed by atoms with Crippen molar-refractivity contribution in [3.05, 3.63) is 29.8 Å². The molecular weight excluding hydrogens is 642 g/mol. The highest BCUT2D eigenvalue weighted by atomic mass is 16.5. The predicted molar refractivity (Wildman–Crippen MR) is 178 cm³/mol. The number of aliphatic carboxylic acids is 1. The van der Waals surface area contributed by atoms with Gasteiger partial charge in [-0.3, -0.25) is 24.0 Å². The second-order valence-corrected chi connectivity index (χ2v) is 11.5. The highest BCUT2D eigenvalue weighted by Gasteiger charge is 2.22. The number of hydrogen-bond acceptors (Lipinski definition) is 11. The molecule has 0 bridgehead atoms. The predicted octanol–water partition coefficient (Wildman–Crippen LogP) is 3.67. The minimum Gasteiger partial charge on any atom is -0.494 e. The standard InChI is InChI=1S/C35H53NO13/c1-27(37)25-47-22-20-45-17-7-9-31(39)26-48-23-21-46-19-16-36-33(40)15-12-29(35(43)44)24-30(38)8-5-3-2-4-6-18-49-32-13-10-28(11-14-32)34(41)42/h10-11,13-14,29H,2-9,12,15-26H2,1H3,(H,36,40)(H,41,42)(H,43,44)/t29-/m1/s1. The summed E-state index contributed by atoms with van der Waals surface area (Å²) in [4.78, 5) is 69.6. The fourth-order valence-corrected chi connectivity index (χ4v) is 4.47. The number of unbranched alkanes of at least 4 members (excludes halogenated alkanes) is 4. The minimum atomic E-state index is -1.10. The molecule has 0 aliphatic heterocycles. The number of aromatic carboxylic acids is 1. The number of carboxylic acids is 2. The van der Waals surface area contributed by atoms with Crippen molar-refractivity contribution in [1.29, 1.82) is 0 Å². The van der Waals surface area contributed by atoms with E-state index in [1.807, 2.05) is 0 Å². The maximum Gasteiger partial charge on any atom is 0.335 e. The molecule has 0 spiro atoms. The van der Waals surface area contributed by atoms with Crippen molar-refractivity contribution in [2.24, 2.45) is 5.92 Å². The normalized spacial score (nSPS) is 11.5. The Morgan fingerprint density at radius 2 is 1.27 bits per heavy atom. The van der Waals surface area contributed by atoms with Crippen LogP contribution in [0.25, 0.3) is 0 Å². The SMILES string of the molecule is CC(=O)COCCOCCCC(=O)COCCOCCNC(=O)CC[C@H](CC(=O)CCCCCCCOc1ccc(C(=O)O)cc1)C(=O)O. The van der Waals surface area contributed by atoms with Crippen LogP contribution in [0, 0.1) is 5.92 Å².